The summed E-state index contributed by atoms with van der Waals surface area (Å²) in [6, 6.07) is 6.04. The predicted molar refractivity (Wildman–Crippen MR) is 74.3 cm³/mol. The van der Waals surface area contributed by atoms with E-state index in [0.29, 0.717) is 5.41 Å². The topological polar surface area (TPSA) is 3.24 Å². The van der Waals surface area contributed by atoms with Crippen LogP contribution in [-0.2, 0) is 0 Å². The third kappa shape index (κ3) is 2.23. The van der Waals surface area contributed by atoms with Crippen LogP contribution in [0, 0.1) is 11.3 Å². The number of hydrogen-bond acceptors (Lipinski definition) is 1. The fourth-order valence-corrected chi connectivity index (χ4v) is 2.64. The van der Waals surface area contributed by atoms with E-state index in [-0.39, 0.29) is 0 Å². The Morgan fingerprint density at radius 3 is 2.50 bits per heavy atom. The minimum atomic E-state index is 0.404. The van der Waals surface area contributed by atoms with Crippen molar-refractivity contribution in [1.82, 2.24) is 0 Å². The maximum Gasteiger partial charge on any atom is 0.0595 e. The minimum Gasteiger partial charge on any atom is -0.370 e. The van der Waals surface area contributed by atoms with Crippen LogP contribution in [0.1, 0.15) is 20.8 Å². The molecule has 0 atom stereocenters. The molecule has 0 bridgehead atoms. The molecular formula is C13H17BrClN. The average molecular weight is 303 g/mol. The second-order valence-electron chi connectivity index (χ2n) is 5.54. The molecule has 0 radical (unpaired) electrons. The summed E-state index contributed by atoms with van der Waals surface area (Å²) in [6.45, 7) is 9.18. The molecule has 0 unspecified atom stereocenters. The van der Waals surface area contributed by atoms with Gasteiger partial charge in [0, 0.05) is 13.1 Å². The first-order valence-corrected chi connectivity index (χ1v) is 6.75. The van der Waals surface area contributed by atoms with Gasteiger partial charge in [-0.15, -0.1) is 0 Å². The predicted octanol–water partition coefficient (Wildman–Crippen LogP) is 4.58. The van der Waals surface area contributed by atoms with Gasteiger partial charge >= 0.3 is 0 Å². The van der Waals surface area contributed by atoms with Crippen LogP contribution in [0.5, 0.6) is 0 Å². The van der Waals surface area contributed by atoms with Gasteiger partial charge in [-0.2, -0.15) is 0 Å². The summed E-state index contributed by atoms with van der Waals surface area (Å²) >= 11 is 9.64. The first kappa shape index (κ1) is 12.3. The van der Waals surface area contributed by atoms with Gasteiger partial charge in [0.1, 0.15) is 0 Å². The van der Waals surface area contributed by atoms with Crippen molar-refractivity contribution in [3.8, 4) is 0 Å². The zero-order valence-electron chi connectivity index (χ0n) is 9.93. The van der Waals surface area contributed by atoms with Crippen molar-refractivity contribution in [2.24, 2.45) is 11.3 Å². The molecule has 1 nitrogen and oxygen atoms in total. The molecule has 1 aromatic rings. The molecule has 88 valence electrons. The minimum absolute atomic E-state index is 0.404. The molecule has 1 saturated heterocycles. The summed E-state index contributed by atoms with van der Waals surface area (Å²) in [5.74, 6) is 0.776. The lowest BCUT2D eigenvalue weighted by atomic mass is 9.76. The molecule has 1 fully saturated rings. The SMILES string of the molecule is CC(C)(C)C1CN(c2cccc(Cl)c2Br)C1. The molecule has 16 heavy (non-hydrogen) atoms. The van der Waals surface area contributed by atoms with Gasteiger partial charge in [-0.1, -0.05) is 38.4 Å². The van der Waals surface area contributed by atoms with Crippen LogP contribution in [0.15, 0.2) is 22.7 Å². The summed E-state index contributed by atoms with van der Waals surface area (Å²) in [6.07, 6.45) is 0. The van der Waals surface area contributed by atoms with Crippen LogP contribution >= 0.6 is 27.5 Å². The van der Waals surface area contributed by atoms with E-state index in [0.717, 1.165) is 28.5 Å². The van der Waals surface area contributed by atoms with Crippen LogP contribution < -0.4 is 4.90 Å². The van der Waals surface area contributed by atoms with E-state index in [1.165, 1.54) is 5.69 Å². The van der Waals surface area contributed by atoms with Gasteiger partial charge in [-0.3, -0.25) is 0 Å². The fraction of sp³-hybridized carbons (Fsp3) is 0.538. The molecule has 0 aliphatic carbocycles. The highest BCUT2D eigenvalue weighted by Gasteiger charge is 2.36. The Morgan fingerprint density at radius 1 is 1.31 bits per heavy atom. The van der Waals surface area contributed by atoms with Crippen LogP contribution in [0.4, 0.5) is 5.69 Å². The van der Waals surface area contributed by atoms with Gasteiger partial charge in [-0.25, -0.2) is 0 Å². The number of halogens is 2. The molecule has 0 N–H and O–H groups in total. The van der Waals surface area contributed by atoms with Gasteiger partial charge in [0.05, 0.1) is 15.2 Å². The average Bonchev–Trinajstić information content (AvgIpc) is 2.07. The Labute approximate surface area is 111 Å². The van der Waals surface area contributed by atoms with Gasteiger partial charge in [0.15, 0.2) is 0 Å². The highest BCUT2D eigenvalue weighted by atomic mass is 79.9. The van der Waals surface area contributed by atoms with Crippen LogP contribution in [-0.4, -0.2) is 13.1 Å². The fourth-order valence-electron chi connectivity index (χ4n) is 1.96. The third-order valence-corrected chi connectivity index (χ3v) is 4.75. The van der Waals surface area contributed by atoms with E-state index in [4.69, 9.17) is 11.6 Å². The zero-order chi connectivity index (χ0) is 11.9. The number of anilines is 1. The number of hydrogen-bond donors (Lipinski definition) is 0. The molecule has 1 aromatic carbocycles. The highest BCUT2D eigenvalue weighted by molar-refractivity contribution is 9.10. The van der Waals surface area contributed by atoms with E-state index < -0.39 is 0 Å². The maximum atomic E-state index is 6.09. The maximum absolute atomic E-state index is 6.09. The third-order valence-electron chi connectivity index (χ3n) is 3.38. The Kier molecular flexibility index (Phi) is 3.24. The highest BCUT2D eigenvalue weighted by Crippen LogP contribution is 2.40. The summed E-state index contributed by atoms with van der Waals surface area (Å²) in [7, 11) is 0. The molecule has 3 heteroatoms. The van der Waals surface area contributed by atoms with E-state index in [1.807, 2.05) is 12.1 Å². The number of benzene rings is 1. The number of nitrogens with zero attached hydrogens (tertiary/aromatic N) is 1. The first-order valence-electron chi connectivity index (χ1n) is 5.58. The van der Waals surface area contributed by atoms with Crippen molar-refractivity contribution in [3.63, 3.8) is 0 Å². The quantitative estimate of drug-likeness (QED) is 0.733. The van der Waals surface area contributed by atoms with Crippen molar-refractivity contribution in [3.05, 3.63) is 27.7 Å². The lowest BCUT2D eigenvalue weighted by Crippen LogP contribution is -2.52. The first-order chi connectivity index (χ1) is 7.39. The van der Waals surface area contributed by atoms with Crippen molar-refractivity contribution < 1.29 is 0 Å². The van der Waals surface area contributed by atoms with Gasteiger partial charge in [0.2, 0.25) is 0 Å². The summed E-state index contributed by atoms with van der Waals surface area (Å²) < 4.78 is 1.02. The van der Waals surface area contributed by atoms with Crippen molar-refractivity contribution in [2.45, 2.75) is 20.8 Å². The Bertz CT molecular complexity index is 391. The Hall–Kier alpha value is -0.210. The largest absolute Gasteiger partial charge is 0.370 e. The standard InChI is InChI=1S/C13H17BrClN/c1-13(2,3)9-7-16(8-9)11-6-4-5-10(15)12(11)14/h4-6,9H,7-8H2,1-3H3. The molecular weight excluding hydrogens is 286 g/mol. The molecule has 0 amide bonds. The normalized spacial score (nSPS) is 17.4. The van der Waals surface area contributed by atoms with Gasteiger partial charge in [-0.05, 0) is 39.4 Å². The van der Waals surface area contributed by atoms with Gasteiger partial charge in [0.25, 0.3) is 0 Å². The van der Waals surface area contributed by atoms with Gasteiger partial charge < -0.3 is 4.90 Å². The van der Waals surface area contributed by atoms with Crippen molar-refractivity contribution >= 4 is 33.2 Å². The lowest BCUT2D eigenvalue weighted by Gasteiger charge is -2.48. The molecule has 0 spiro atoms. The van der Waals surface area contributed by atoms with Crippen molar-refractivity contribution in [1.29, 1.82) is 0 Å². The Balaban J connectivity index is 2.10. The molecule has 2 rings (SSSR count). The summed E-state index contributed by atoms with van der Waals surface area (Å²) in [5, 5.41) is 0.789. The molecule has 1 heterocycles. The van der Waals surface area contributed by atoms with E-state index in [9.17, 15) is 0 Å². The summed E-state index contributed by atoms with van der Waals surface area (Å²) in [5.41, 5.74) is 1.62. The molecule has 0 aromatic heterocycles. The van der Waals surface area contributed by atoms with E-state index >= 15 is 0 Å². The second kappa shape index (κ2) is 4.23. The van der Waals surface area contributed by atoms with Crippen molar-refractivity contribution in [2.75, 3.05) is 18.0 Å². The lowest BCUT2D eigenvalue weighted by molar-refractivity contribution is 0.195. The monoisotopic (exact) mass is 301 g/mol. The molecule has 0 saturated carbocycles. The Morgan fingerprint density at radius 2 is 1.94 bits per heavy atom. The zero-order valence-corrected chi connectivity index (χ0v) is 12.3. The second-order valence-corrected chi connectivity index (χ2v) is 6.74. The van der Waals surface area contributed by atoms with Crippen LogP contribution in [0.3, 0.4) is 0 Å². The smallest absolute Gasteiger partial charge is 0.0595 e. The number of rotatable bonds is 1. The van der Waals surface area contributed by atoms with E-state index in [1.54, 1.807) is 0 Å². The molecule has 1 aliphatic rings. The summed E-state index contributed by atoms with van der Waals surface area (Å²) in [4.78, 5) is 2.38. The van der Waals surface area contributed by atoms with E-state index in [2.05, 4.69) is 47.7 Å². The molecule has 1 aliphatic heterocycles. The van der Waals surface area contributed by atoms with Crippen LogP contribution in [0.25, 0.3) is 0 Å². The van der Waals surface area contributed by atoms with Crippen LogP contribution in [0.2, 0.25) is 5.02 Å².